The molecular weight excluding hydrogens is 232 g/mol. The Morgan fingerprint density at radius 1 is 0.947 bits per heavy atom. The standard InChI is InChI=1S/C17H22N2/c1-17(2,3)15-8-5-13(6-9-15)14-7-10-16(12-18-4)19-11-14/h5-11,18H,12H2,1-4H3. The zero-order chi connectivity index (χ0) is 13.9. The molecule has 0 fully saturated rings. The lowest BCUT2D eigenvalue weighted by Crippen LogP contribution is -2.10. The number of nitrogens with zero attached hydrogens (tertiary/aromatic N) is 1. The second-order valence-electron chi connectivity index (χ2n) is 5.90. The van der Waals surface area contributed by atoms with Crippen molar-refractivity contribution in [2.75, 3.05) is 7.05 Å². The molecule has 0 radical (unpaired) electrons. The average molecular weight is 254 g/mol. The van der Waals surface area contributed by atoms with Crippen molar-refractivity contribution in [1.82, 2.24) is 10.3 Å². The number of nitrogens with one attached hydrogen (secondary N) is 1. The Balaban J connectivity index is 2.22. The number of aromatic nitrogens is 1. The van der Waals surface area contributed by atoms with Gasteiger partial charge in [0.15, 0.2) is 0 Å². The summed E-state index contributed by atoms with van der Waals surface area (Å²) >= 11 is 0. The van der Waals surface area contributed by atoms with Crippen LogP contribution < -0.4 is 5.32 Å². The van der Waals surface area contributed by atoms with Crippen molar-refractivity contribution in [2.24, 2.45) is 0 Å². The molecule has 1 aromatic carbocycles. The number of benzene rings is 1. The fourth-order valence-corrected chi connectivity index (χ4v) is 2.04. The number of hydrogen-bond donors (Lipinski definition) is 1. The second kappa shape index (κ2) is 5.54. The van der Waals surface area contributed by atoms with Gasteiger partial charge in [-0.15, -0.1) is 0 Å². The van der Waals surface area contributed by atoms with Crippen molar-refractivity contribution >= 4 is 0 Å². The fraction of sp³-hybridized carbons (Fsp3) is 0.353. The van der Waals surface area contributed by atoms with Gasteiger partial charge in [-0.2, -0.15) is 0 Å². The van der Waals surface area contributed by atoms with Gasteiger partial charge in [0.1, 0.15) is 0 Å². The van der Waals surface area contributed by atoms with E-state index in [0.29, 0.717) is 0 Å². The quantitative estimate of drug-likeness (QED) is 0.902. The Kier molecular flexibility index (Phi) is 4.01. The monoisotopic (exact) mass is 254 g/mol. The smallest absolute Gasteiger partial charge is 0.0542 e. The Morgan fingerprint density at radius 3 is 2.05 bits per heavy atom. The summed E-state index contributed by atoms with van der Waals surface area (Å²) in [6, 6.07) is 13.0. The number of rotatable bonds is 3. The van der Waals surface area contributed by atoms with Crippen LogP contribution in [0.15, 0.2) is 42.6 Å². The fourth-order valence-electron chi connectivity index (χ4n) is 2.04. The molecule has 0 aliphatic rings. The van der Waals surface area contributed by atoms with Gasteiger partial charge in [-0.05, 0) is 29.7 Å². The molecule has 19 heavy (non-hydrogen) atoms. The normalized spacial score (nSPS) is 11.6. The topological polar surface area (TPSA) is 24.9 Å². The van der Waals surface area contributed by atoms with Crippen LogP contribution >= 0.6 is 0 Å². The second-order valence-corrected chi connectivity index (χ2v) is 5.90. The van der Waals surface area contributed by atoms with E-state index in [1.807, 2.05) is 13.2 Å². The summed E-state index contributed by atoms with van der Waals surface area (Å²) in [5.74, 6) is 0. The minimum atomic E-state index is 0.202. The molecule has 0 saturated carbocycles. The van der Waals surface area contributed by atoms with Gasteiger partial charge >= 0.3 is 0 Å². The van der Waals surface area contributed by atoms with Gasteiger partial charge in [0, 0.05) is 18.3 Å². The minimum Gasteiger partial charge on any atom is -0.314 e. The van der Waals surface area contributed by atoms with E-state index in [4.69, 9.17) is 0 Å². The molecule has 2 rings (SSSR count). The van der Waals surface area contributed by atoms with Crippen LogP contribution in [0.5, 0.6) is 0 Å². The highest BCUT2D eigenvalue weighted by molar-refractivity contribution is 5.62. The first-order valence-corrected chi connectivity index (χ1v) is 6.71. The van der Waals surface area contributed by atoms with E-state index in [0.717, 1.165) is 12.2 Å². The number of hydrogen-bond acceptors (Lipinski definition) is 2. The third kappa shape index (κ3) is 3.42. The van der Waals surface area contributed by atoms with Crippen LogP contribution in [-0.4, -0.2) is 12.0 Å². The lowest BCUT2D eigenvalue weighted by molar-refractivity contribution is 0.590. The molecule has 1 aromatic heterocycles. The minimum absolute atomic E-state index is 0.202. The van der Waals surface area contributed by atoms with Gasteiger partial charge in [0.2, 0.25) is 0 Å². The van der Waals surface area contributed by atoms with Crippen molar-refractivity contribution in [2.45, 2.75) is 32.7 Å². The first-order valence-electron chi connectivity index (χ1n) is 6.71. The molecule has 100 valence electrons. The van der Waals surface area contributed by atoms with Crippen molar-refractivity contribution in [3.63, 3.8) is 0 Å². The maximum absolute atomic E-state index is 4.45. The summed E-state index contributed by atoms with van der Waals surface area (Å²) < 4.78 is 0. The third-order valence-corrected chi connectivity index (χ3v) is 3.27. The summed E-state index contributed by atoms with van der Waals surface area (Å²) in [5, 5.41) is 3.10. The van der Waals surface area contributed by atoms with Crippen molar-refractivity contribution in [3.8, 4) is 11.1 Å². The van der Waals surface area contributed by atoms with Gasteiger partial charge in [-0.1, -0.05) is 51.1 Å². The predicted molar refractivity (Wildman–Crippen MR) is 81.1 cm³/mol. The molecular formula is C17H22N2. The zero-order valence-electron chi connectivity index (χ0n) is 12.2. The van der Waals surface area contributed by atoms with Gasteiger partial charge in [-0.25, -0.2) is 0 Å². The van der Waals surface area contributed by atoms with Crippen molar-refractivity contribution < 1.29 is 0 Å². The van der Waals surface area contributed by atoms with E-state index in [1.54, 1.807) is 0 Å². The van der Waals surface area contributed by atoms with E-state index in [1.165, 1.54) is 16.7 Å². The molecule has 1 N–H and O–H groups in total. The van der Waals surface area contributed by atoms with E-state index >= 15 is 0 Å². The number of pyridine rings is 1. The summed E-state index contributed by atoms with van der Waals surface area (Å²) in [6.45, 7) is 7.51. The van der Waals surface area contributed by atoms with Crippen LogP contribution in [0.4, 0.5) is 0 Å². The van der Waals surface area contributed by atoms with Crippen molar-refractivity contribution in [1.29, 1.82) is 0 Å². The average Bonchev–Trinajstić information content (AvgIpc) is 2.39. The molecule has 0 atom stereocenters. The predicted octanol–water partition coefficient (Wildman–Crippen LogP) is 3.77. The first kappa shape index (κ1) is 13.8. The molecule has 0 unspecified atom stereocenters. The van der Waals surface area contributed by atoms with Crippen LogP contribution in [0.3, 0.4) is 0 Å². The molecule has 0 aliphatic carbocycles. The Hall–Kier alpha value is -1.67. The lowest BCUT2D eigenvalue weighted by atomic mass is 9.86. The maximum atomic E-state index is 4.45. The highest BCUT2D eigenvalue weighted by atomic mass is 14.8. The van der Waals surface area contributed by atoms with E-state index < -0.39 is 0 Å². The van der Waals surface area contributed by atoms with E-state index in [2.05, 4.69) is 67.5 Å². The largest absolute Gasteiger partial charge is 0.314 e. The molecule has 0 amide bonds. The van der Waals surface area contributed by atoms with Gasteiger partial charge in [0.25, 0.3) is 0 Å². The summed E-state index contributed by atoms with van der Waals surface area (Å²) in [5.41, 5.74) is 5.01. The zero-order valence-corrected chi connectivity index (χ0v) is 12.2. The van der Waals surface area contributed by atoms with Gasteiger partial charge < -0.3 is 5.32 Å². The Morgan fingerprint density at radius 2 is 1.58 bits per heavy atom. The van der Waals surface area contributed by atoms with Crippen LogP contribution in [-0.2, 0) is 12.0 Å². The molecule has 0 saturated heterocycles. The Labute approximate surface area is 115 Å². The summed E-state index contributed by atoms with van der Waals surface area (Å²) in [6.07, 6.45) is 1.94. The molecule has 2 aromatic rings. The Bertz CT molecular complexity index is 519. The van der Waals surface area contributed by atoms with Gasteiger partial charge in [0.05, 0.1) is 5.69 Å². The van der Waals surface area contributed by atoms with Crippen LogP contribution in [0.25, 0.3) is 11.1 Å². The molecule has 0 bridgehead atoms. The van der Waals surface area contributed by atoms with Gasteiger partial charge in [-0.3, -0.25) is 4.98 Å². The summed E-state index contributed by atoms with van der Waals surface area (Å²) in [4.78, 5) is 4.45. The van der Waals surface area contributed by atoms with E-state index in [9.17, 15) is 0 Å². The molecule has 2 heteroatoms. The van der Waals surface area contributed by atoms with Crippen molar-refractivity contribution in [3.05, 3.63) is 53.9 Å². The lowest BCUT2D eigenvalue weighted by Gasteiger charge is -2.19. The van der Waals surface area contributed by atoms with Crippen LogP contribution in [0.2, 0.25) is 0 Å². The summed E-state index contributed by atoms with van der Waals surface area (Å²) in [7, 11) is 1.93. The highest BCUT2D eigenvalue weighted by Gasteiger charge is 2.12. The molecule has 0 spiro atoms. The molecule has 0 aliphatic heterocycles. The molecule has 2 nitrogen and oxygen atoms in total. The van der Waals surface area contributed by atoms with Crippen LogP contribution in [0, 0.1) is 0 Å². The first-order chi connectivity index (χ1) is 9.00. The third-order valence-electron chi connectivity index (χ3n) is 3.27. The van der Waals surface area contributed by atoms with Crippen LogP contribution in [0.1, 0.15) is 32.0 Å². The highest BCUT2D eigenvalue weighted by Crippen LogP contribution is 2.25. The SMILES string of the molecule is CNCc1ccc(-c2ccc(C(C)(C)C)cc2)cn1. The maximum Gasteiger partial charge on any atom is 0.0542 e. The van der Waals surface area contributed by atoms with E-state index in [-0.39, 0.29) is 5.41 Å². The molecule has 1 heterocycles.